The molecule has 0 saturated heterocycles. The second kappa shape index (κ2) is 8.87. The summed E-state index contributed by atoms with van der Waals surface area (Å²) in [6.45, 7) is 7.71. The van der Waals surface area contributed by atoms with Crippen molar-refractivity contribution in [3.8, 4) is 5.75 Å². The van der Waals surface area contributed by atoms with Gasteiger partial charge in [-0.05, 0) is 61.4 Å². The highest BCUT2D eigenvalue weighted by Gasteiger charge is 2.48. The van der Waals surface area contributed by atoms with Crippen LogP contribution in [0.25, 0.3) is 5.70 Å². The van der Waals surface area contributed by atoms with Gasteiger partial charge >= 0.3 is 0 Å². The Labute approximate surface area is 180 Å². The molecule has 1 unspecified atom stereocenters. The molecule has 3 aromatic rings. The number of hydroxylamine groups is 1. The van der Waals surface area contributed by atoms with E-state index in [4.69, 9.17) is 21.2 Å². The number of nitrogens with zero attached hydrogens (tertiary/aromatic N) is 3. The third-order valence-corrected chi connectivity index (χ3v) is 5.23. The maximum atomic E-state index is 11.8. The van der Waals surface area contributed by atoms with Gasteiger partial charge in [-0.25, -0.2) is 9.67 Å². The van der Waals surface area contributed by atoms with E-state index < -0.39 is 11.2 Å². The van der Waals surface area contributed by atoms with Gasteiger partial charge in [0.25, 0.3) is 0 Å². The van der Waals surface area contributed by atoms with Crippen molar-refractivity contribution in [1.82, 2.24) is 20.2 Å². The van der Waals surface area contributed by atoms with Crippen molar-refractivity contribution in [2.45, 2.75) is 31.6 Å². The average Bonchev–Trinajstić information content (AvgIpc) is 3.21. The largest absolute Gasteiger partial charge is 0.484 e. The molecule has 0 amide bonds. The van der Waals surface area contributed by atoms with Crippen LogP contribution in [-0.2, 0) is 17.0 Å². The number of benzene rings is 2. The fourth-order valence-corrected chi connectivity index (χ4v) is 3.32. The third kappa shape index (κ3) is 4.64. The molecular weight excluding hydrogens is 404 g/mol. The zero-order valence-corrected chi connectivity index (χ0v) is 17.9. The van der Waals surface area contributed by atoms with E-state index in [1.165, 1.54) is 13.4 Å². The van der Waals surface area contributed by atoms with Crippen molar-refractivity contribution >= 4 is 17.3 Å². The summed E-state index contributed by atoms with van der Waals surface area (Å²) in [6.07, 6.45) is 2.98. The molecule has 0 aliphatic rings. The fraction of sp³-hybridized carbons (Fsp3) is 0.273. The number of rotatable bonds is 9. The summed E-state index contributed by atoms with van der Waals surface area (Å²) in [7, 11) is 1.53. The maximum absolute atomic E-state index is 11.8. The average molecular weight is 429 g/mol. The zero-order valence-electron chi connectivity index (χ0n) is 17.2. The van der Waals surface area contributed by atoms with E-state index in [0.29, 0.717) is 22.0 Å². The summed E-state index contributed by atoms with van der Waals surface area (Å²) in [6, 6.07) is 14.4. The summed E-state index contributed by atoms with van der Waals surface area (Å²) in [5.41, 5.74) is 2.39. The highest BCUT2D eigenvalue weighted by atomic mass is 35.5. The summed E-state index contributed by atoms with van der Waals surface area (Å²) in [4.78, 5) is 8.86. The molecule has 2 N–H and O–H groups in total. The highest BCUT2D eigenvalue weighted by molar-refractivity contribution is 6.30. The Hall–Kier alpha value is -2.87. The molecule has 1 heterocycles. The van der Waals surface area contributed by atoms with Gasteiger partial charge < -0.3 is 9.84 Å². The van der Waals surface area contributed by atoms with E-state index in [2.05, 4.69) is 22.1 Å². The minimum atomic E-state index is -1.43. The van der Waals surface area contributed by atoms with E-state index in [9.17, 15) is 5.11 Å². The number of hydrogen-bond donors (Lipinski definition) is 2. The molecule has 0 radical (unpaired) electrons. The standard InChI is InChI=1S/C22H25ClN4O3/c1-16(26-29-4)17-5-11-20(12-6-17)30-21(2,3)22(28,13-27-15-24-14-25-27)18-7-9-19(23)10-8-18/h5-12,14-15,26,28H,1,13H2,2-4H3. The zero-order chi connectivity index (χ0) is 21.8. The SMILES string of the molecule is C=C(NOC)c1ccc(OC(C)(C)C(O)(Cn2cncn2)c2ccc(Cl)cc2)cc1. The Morgan fingerprint density at radius 1 is 1.17 bits per heavy atom. The van der Waals surface area contributed by atoms with Crippen molar-refractivity contribution in [2.24, 2.45) is 0 Å². The lowest BCUT2D eigenvalue weighted by molar-refractivity contribution is -0.133. The molecule has 0 bridgehead atoms. The van der Waals surface area contributed by atoms with Gasteiger partial charge in [-0.3, -0.25) is 10.3 Å². The van der Waals surface area contributed by atoms with Crippen LogP contribution >= 0.6 is 11.6 Å². The van der Waals surface area contributed by atoms with Gasteiger partial charge in [0.15, 0.2) is 0 Å². The molecule has 0 fully saturated rings. The van der Waals surface area contributed by atoms with Crippen molar-refractivity contribution in [1.29, 1.82) is 0 Å². The fourth-order valence-electron chi connectivity index (χ4n) is 3.19. The number of hydrogen-bond acceptors (Lipinski definition) is 6. The summed E-state index contributed by atoms with van der Waals surface area (Å²) in [5, 5.41) is 16.6. The normalized spacial score (nSPS) is 13.5. The van der Waals surface area contributed by atoms with Gasteiger partial charge in [-0.1, -0.05) is 30.3 Å². The van der Waals surface area contributed by atoms with Crippen LogP contribution in [0.1, 0.15) is 25.0 Å². The Morgan fingerprint density at radius 3 is 2.40 bits per heavy atom. The number of halogens is 1. The van der Waals surface area contributed by atoms with E-state index in [1.54, 1.807) is 35.3 Å². The molecule has 0 aliphatic carbocycles. The van der Waals surface area contributed by atoms with Crippen LogP contribution in [0.2, 0.25) is 5.02 Å². The highest BCUT2D eigenvalue weighted by Crippen LogP contribution is 2.38. The first-order chi connectivity index (χ1) is 14.2. The lowest BCUT2D eigenvalue weighted by Gasteiger charge is -2.42. The Balaban J connectivity index is 1.91. The van der Waals surface area contributed by atoms with Gasteiger partial charge in [-0.15, -0.1) is 0 Å². The van der Waals surface area contributed by atoms with Crippen LogP contribution in [0.5, 0.6) is 5.75 Å². The van der Waals surface area contributed by atoms with E-state index in [1.807, 2.05) is 38.1 Å². The second-order valence-corrected chi connectivity index (χ2v) is 7.82. The molecule has 3 rings (SSSR count). The molecule has 1 aromatic heterocycles. The molecule has 158 valence electrons. The van der Waals surface area contributed by atoms with Crippen LogP contribution in [0.3, 0.4) is 0 Å². The molecule has 0 spiro atoms. The number of nitrogens with one attached hydrogen (secondary N) is 1. The first kappa shape index (κ1) is 21.8. The first-order valence-corrected chi connectivity index (χ1v) is 9.71. The smallest absolute Gasteiger partial charge is 0.148 e. The molecule has 2 aromatic carbocycles. The lowest BCUT2D eigenvalue weighted by atomic mass is 9.79. The Kier molecular flexibility index (Phi) is 6.45. The van der Waals surface area contributed by atoms with Crippen molar-refractivity contribution in [2.75, 3.05) is 7.11 Å². The molecular formula is C22H25ClN4O3. The van der Waals surface area contributed by atoms with Gasteiger partial charge in [0.1, 0.15) is 29.6 Å². The van der Waals surface area contributed by atoms with Crippen LogP contribution in [0.4, 0.5) is 0 Å². The molecule has 0 aliphatic heterocycles. The first-order valence-electron chi connectivity index (χ1n) is 9.33. The van der Waals surface area contributed by atoms with Crippen molar-refractivity contribution < 1.29 is 14.7 Å². The van der Waals surface area contributed by atoms with Crippen molar-refractivity contribution in [3.05, 3.63) is 83.9 Å². The predicted octanol–water partition coefficient (Wildman–Crippen LogP) is 3.80. The van der Waals surface area contributed by atoms with Crippen LogP contribution < -0.4 is 10.2 Å². The minimum Gasteiger partial charge on any atom is -0.484 e. The molecule has 8 heteroatoms. The topological polar surface area (TPSA) is 81.4 Å². The predicted molar refractivity (Wildman–Crippen MR) is 116 cm³/mol. The maximum Gasteiger partial charge on any atom is 0.148 e. The number of aromatic nitrogens is 3. The Morgan fingerprint density at radius 2 is 1.83 bits per heavy atom. The molecule has 1 atom stereocenters. The quantitative estimate of drug-likeness (QED) is 0.504. The minimum absolute atomic E-state index is 0.147. The summed E-state index contributed by atoms with van der Waals surface area (Å²) in [5.74, 6) is 0.597. The third-order valence-electron chi connectivity index (χ3n) is 4.98. The lowest BCUT2D eigenvalue weighted by Crippen LogP contribution is -2.54. The summed E-state index contributed by atoms with van der Waals surface area (Å²) < 4.78 is 7.84. The van der Waals surface area contributed by atoms with E-state index in [-0.39, 0.29) is 6.54 Å². The van der Waals surface area contributed by atoms with Crippen molar-refractivity contribution in [3.63, 3.8) is 0 Å². The van der Waals surface area contributed by atoms with Crippen LogP contribution in [0.15, 0.2) is 67.8 Å². The number of aliphatic hydroxyl groups is 1. The van der Waals surface area contributed by atoms with Crippen LogP contribution in [0, 0.1) is 0 Å². The number of ether oxygens (including phenoxy) is 1. The van der Waals surface area contributed by atoms with E-state index in [0.717, 1.165) is 5.56 Å². The van der Waals surface area contributed by atoms with Gasteiger partial charge in [-0.2, -0.15) is 5.10 Å². The monoisotopic (exact) mass is 428 g/mol. The van der Waals surface area contributed by atoms with Gasteiger partial charge in [0.05, 0.1) is 19.4 Å². The molecule has 7 nitrogen and oxygen atoms in total. The Bertz CT molecular complexity index is 973. The summed E-state index contributed by atoms with van der Waals surface area (Å²) >= 11 is 6.05. The second-order valence-electron chi connectivity index (χ2n) is 7.38. The molecule has 30 heavy (non-hydrogen) atoms. The van der Waals surface area contributed by atoms with E-state index >= 15 is 0 Å². The van der Waals surface area contributed by atoms with Crippen LogP contribution in [-0.4, -0.2) is 32.6 Å². The van der Waals surface area contributed by atoms with Gasteiger partial charge in [0, 0.05) is 5.02 Å². The van der Waals surface area contributed by atoms with Gasteiger partial charge in [0.2, 0.25) is 0 Å². The molecule has 0 saturated carbocycles.